The summed E-state index contributed by atoms with van der Waals surface area (Å²) in [6.07, 6.45) is 0. The Morgan fingerprint density at radius 2 is 1.15 bits per heavy atom. The van der Waals surface area contributed by atoms with Crippen molar-refractivity contribution in [3.05, 3.63) is 23.3 Å². The van der Waals surface area contributed by atoms with Crippen molar-refractivity contribution >= 4 is 0 Å². The Labute approximate surface area is 118 Å². The van der Waals surface area contributed by atoms with Gasteiger partial charge in [0, 0.05) is 14.2 Å². The molecule has 1 rings (SSSR count). The largest absolute Gasteiger partial charge is 0.487 e. The standard InChI is InChI=1S/C14H22O6/c1-17-3-5-19-13-7-11(9-15)12(10-16)8-14(13)20-6-4-18-2/h7-8,15-16H,3-6,9-10H2,1-2H3. The van der Waals surface area contributed by atoms with Gasteiger partial charge >= 0.3 is 0 Å². The monoisotopic (exact) mass is 286 g/mol. The number of rotatable bonds is 10. The number of hydrogen-bond donors (Lipinski definition) is 2. The molecule has 6 heteroatoms. The first-order valence-electron chi connectivity index (χ1n) is 6.37. The maximum atomic E-state index is 9.30. The van der Waals surface area contributed by atoms with E-state index in [1.807, 2.05) is 0 Å². The summed E-state index contributed by atoms with van der Waals surface area (Å²) in [6, 6.07) is 3.34. The summed E-state index contributed by atoms with van der Waals surface area (Å²) in [5.74, 6) is 1.03. The Kier molecular flexibility index (Phi) is 7.98. The van der Waals surface area contributed by atoms with E-state index in [1.165, 1.54) is 0 Å². The zero-order valence-electron chi connectivity index (χ0n) is 11.9. The fourth-order valence-corrected chi connectivity index (χ4v) is 1.63. The minimum absolute atomic E-state index is 0.172. The van der Waals surface area contributed by atoms with Crippen LogP contribution >= 0.6 is 0 Å². The van der Waals surface area contributed by atoms with Crippen molar-refractivity contribution in [3.63, 3.8) is 0 Å². The third-order valence-electron chi connectivity index (χ3n) is 2.70. The van der Waals surface area contributed by atoms with Crippen molar-refractivity contribution in [2.75, 3.05) is 40.6 Å². The maximum Gasteiger partial charge on any atom is 0.161 e. The molecule has 0 aromatic heterocycles. The van der Waals surface area contributed by atoms with Gasteiger partial charge in [-0.25, -0.2) is 0 Å². The fourth-order valence-electron chi connectivity index (χ4n) is 1.63. The second-order valence-corrected chi connectivity index (χ2v) is 4.07. The quantitative estimate of drug-likeness (QED) is 0.617. The van der Waals surface area contributed by atoms with Crippen LogP contribution in [0.15, 0.2) is 12.1 Å². The van der Waals surface area contributed by atoms with Crippen LogP contribution in [0.25, 0.3) is 0 Å². The van der Waals surface area contributed by atoms with E-state index in [0.717, 1.165) is 0 Å². The lowest BCUT2D eigenvalue weighted by Gasteiger charge is -2.16. The normalized spacial score (nSPS) is 10.6. The first-order valence-corrected chi connectivity index (χ1v) is 6.37. The molecule has 1 aromatic carbocycles. The average Bonchev–Trinajstić information content (AvgIpc) is 2.48. The maximum absolute atomic E-state index is 9.30. The van der Waals surface area contributed by atoms with E-state index in [-0.39, 0.29) is 13.2 Å². The van der Waals surface area contributed by atoms with Crippen LogP contribution in [0.5, 0.6) is 11.5 Å². The van der Waals surface area contributed by atoms with Gasteiger partial charge in [-0.15, -0.1) is 0 Å². The lowest BCUT2D eigenvalue weighted by atomic mass is 10.1. The van der Waals surface area contributed by atoms with Crippen LogP contribution in [-0.4, -0.2) is 50.9 Å². The van der Waals surface area contributed by atoms with Crippen molar-refractivity contribution in [2.24, 2.45) is 0 Å². The van der Waals surface area contributed by atoms with Gasteiger partial charge in [-0.3, -0.25) is 0 Å². The van der Waals surface area contributed by atoms with Gasteiger partial charge in [0.15, 0.2) is 11.5 Å². The molecule has 0 aliphatic rings. The van der Waals surface area contributed by atoms with E-state index in [0.29, 0.717) is 49.1 Å². The van der Waals surface area contributed by atoms with E-state index in [2.05, 4.69) is 0 Å². The molecular weight excluding hydrogens is 264 g/mol. The molecule has 0 atom stereocenters. The van der Waals surface area contributed by atoms with Crippen molar-refractivity contribution in [1.82, 2.24) is 0 Å². The summed E-state index contributed by atoms with van der Waals surface area (Å²) < 4.78 is 21.0. The van der Waals surface area contributed by atoms with E-state index in [4.69, 9.17) is 18.9 Å². The number of methoxy groups -OCH3 is 2. The number of benzene rings is 1. The van der Waals surface area contributed by atoms with Crippen LogP contribution in [-0.2, 0) is 22.7 Å². The van der Waals surface area contributed by atoms with Gasteiger partial charge in [0.2, 0.25) is 0 Å². The van der Waals surface area contributed by atoms with Crippen molar-refractivity contribution in [3.8, 4) is 11.5 Å². The Balaban J connectivity index is 2.89. The molecule has 0 spiro atoms. The van der Waals surface area contributed by atoms with Gasteiger partial charge in [0.1, 0.15) is 13.2 Å². The highest BCUT2D eigenvalue weighted by molar-refractivity contribution is 5.47. The molecule has 0 radical (unpaired) electrons. The van der Waals surface area contributed by atoms with Crippen LogP contribution in [0.2, 0.25) is 0 Å². The summed E-state index contributed by atoms with van der Waals surface area (Å²) in [4.78, 5) is 0. The third kappa shape index (κ3) is 4.97. The number of aliphatic hydroxyl groups excluding tert-OH is 2. The molecule has 0 bridgehead atoms. The van der Waals surface area contributed by atoms with Gasteiger partial charge in [-0.2, -0.15) is 0 Å². The molecule has 0 fully saturated rings. The van der Waals surface area contributed by atoms with Gasteiger partial charge in [-0.1, -0.05) is 0 Å². The molecule has 20 heavy (non-hydrogen) atoms. The number of hydrogen-bond acceptors (Lipinski definition) is 6. The third-order valence-corrected chi connectivity index (χ3v) is 2.70. The summed E-state index contributed by atoms with van der Waals surface area (Å²) in [6.45, 7) is 1.31. The summed E-state index contributed by atoms with van der Waals surface area (Å²) in [5.41, 5.74) is 1.22. The van der Waals surface area contributed by atoms with E-state index in [9.17, 15) is 10.2 Å². The Morgan fingerprint density at radius 3 is 1.45 bits per heavy atom. The minimum Gasteiger partial charge on any atom is -0.487 e. The van der Waals surface area contributed by atoms with Crippen LogP contribution < -0.4 is 9.47 Å². The average molecular weight is 286 g/mol. The van der Waals surface area contributed by atoms with E-state index in [1.54, 1.807) is 26.4 Å². The predicted octanol–water partition coefficient (Wildman–Crippen LogP) is 0.722. The lowest BCUT2D eigenvalue weighted by molar-refractivity contribution is 0.132. The van der Waals surface area contributed by atoms with Crippen molar-refractivity contribution < 1.29 is 29.2 Å². The fraction of sp³-hybridized carbons (Fsp3) is 0.571. The Hall–Kier alpha value is -1.34. The molecule has 2 N–H and O–H groups in total. The van der Waals surface area contributed by atoms with Crippen molar-refractivity contribution in [1.29, 1.82) is 0 Å². The predicted molar refractivity (Wildman–Crippen MR) is 73.0 cm³/mol. The molecule has 6 nitrogen and oxygen atoms in total. The van der Waals surface area contributed by atoms with Gasteiger partial charge < -0.3 is 29.2 Å². The second-order valence-electron chi connectivity index (χ2n) is 4.07. The highest BCUT2D eigenvalue weighted by Crippen LogP contribution is 2.31. The van der Waals surface area contributed by atoms with E-state index >= 15 is 0 Å². The van der Waals surface area contributed by atoms with Gasteiger partial charge in [-0.05, 0) is 23.3 Å². The molecule has 1 aromatic rings. The molecule has 0 unspecified atom stereocenters. The van der Waals surface area contributed by atoms with Crippen LogP contribution in [0.4, 0.5) is 0 Å². The Morgan fingerprint density at radius 1 is 0.750 bits per heavy atom. The summed E-state index contributed by atoms with van der Waals surface area (Å²) in [5, 5.41) is 18.6. The lowest BCUT2D eigenvalue weighted by Crippen LogP contribution is -2.10. The zero-order chi connectivity index (χ0) is 14.8. The number of aliphatic hydroxyl groups is 2. The zero-order valence-corrected chi connectivity index (χ0v) is 11.9. The SMILES string of the molecule is COCCOc1cc(CO)c(CO)cc1OCCOC. The molecule has 114 valence electrons. The molecule has 0 saturated heterocycles. The molecule has 0 aliphatic heterocycles. The highest BCUT2D eigenvalue weighted by atomic mass is 16.5. The van der Waals surface area contributed by atoms with Gasteiger partial charge in [0.05, 0.1) is 26.4 Å². The first-order chi connectivity index (χ1) is 9.76. The molecular formula is C14H22O6. The second kappa shape index (κ2) is 9.55. The summed E-state index contributed by atoms with van der Waals surface area (Å²) in [7, 11) is 3.18. The summed E-state index contributed by atoms with van der Waals surface area (Å²) >= 11 is 0. The van der Waals surface area contributed by atoms with Crippen LogP contribution in [0.3, 0.4) is 0 Å². The van der Waals surface area contributed by atoms with Crippen LogP contribution in [0.1, 0.15) is 11.1 Å². The molecule has 0 heterocycles. The Bertz CT molecular complexity index is 356. The molecule has 0 amide bonds. The highest BCUT2D eigenvalue weighted by Gasteiger charge is 2.11. The number of ether oxygens (including phenoxy) is 4. The topological polar surface area (TPSA) is 77.4 Å². The van der Waals surface area contributed by atoms with Gasteiger partial charge in [0.25, 0.3) is 0 Å². The smallest absolute Gasteiger partial charge is 0.161 e. The van der Waals surface area contributed by atoms with E-state index < -0.39 is 0 Å². The minimum atomic E-state index is -0.172. The first kappa shape index (κ1) is 16.7. The van der Waals surface area contributed by atoms with Crippen molar-refractivity contribution in [2.45, 2.75) is 13.2 Å². The molecule has 0 aliphatic carbocycles. The van der Waals surface area contributed by atoms with Crippen LogP contribution in [0, 0.1) is 0 Å². The molecule has 0 saturated carbocycles.